The zero-order valence-electron chi connectivity index (χ0n) is 25.8. The van der Waals surface area contributed by atoms with E-state index in [-0.39, 0.29) is 40.5 Å². The molecule has 0 spiro atoms. The van der Waals surface area contributed by atoms with Crippen molar-refractivity contribution in [1.82, 2.24) is 0 Å². The van der Waals surface area contributed by atoms with Crippen molar-refractivity contribution in [2.75, 3.05) is 9.80 Å². The predicted molar refractivity (Wildman–Crippen MR) is 177 cm³/mol. The number of hydrogen-bond acceptors (Lipinski definition) is 7. The number of phenols is 1. The minimum absolute atomic E-state index is 0.0515. The molecule has 244 valence electrons. The molecule has 7 rings (SSSR count). The number of imide groups is 2. The molecule has 2 saturated heterocycles. The fraction of sp³-hybridized carbons (Fsp3) is 0.278. The standard InChI is InChI=1S/C36H31BClFN2O7/c1-3-6-18-7-4-10-24(31(18)42)30-22-12-13-23-29(34(45)40(32(23)43)20-9-5-8-19(15-20)37(47)48)25(22)17-26-33(44)41(35(46)36(26,30)2)21-11-14-28(39)27(38)16-21/h3-5,7-12,14-16,23,25-26,29-30,42,47-48H,1,6,13,17H2,2H3/t23-,25+,26-,29-,30+,36+/m0/s1. The lowest BCUT2D eigenvalue weighted by Gasteiger charge is -2.49. The predicted octanol–water partition coefficient (Wildman–Crippen LogP) is 4.03. The Morgan fingerprint density at radius 1 is 0.979 bits per heavy atom. The Morgan fingerprint density at radius 2 is 1.71 bits per heavy atom. The van der Waals surface area contributed by atoms with Crippen LogP contribution in [-0.2, 0) is 25.6 Å². The number of benzene rings is 3. The second-order valence-corrected chi connectivity index (χ2v) is 13.5. The van der Waals surface area contributed by atoms with Gasteiger partial charge >= 0.3 is 7.12 Å². The van der Waals surface area contributed by atoms with Crippen LogP contribution in [-0.4, -0.2) is 45.9 Å². The second kappa shape index (κ2) is 11.5. The quantitative estimate of drug-likeness (QED) is 0.205. The molecule has 2 aliphatic heterocycles. The molecule has 3 N–H and O–H groups in total. The summed E-state index contributed by atoms with van der Waals surface area (Å²) in [6.45, 7) is 5.47. The number of allylic oxidation sites excluding steroid dienone is 3. The fourth-order valence-corrected chi connectivity index (χ4v) is 8.65. The lowest BCUT2D eigenvalue weighted by Crippen LogP contribution is -2.49. The highest BCUT2D eigenvalue weighted by Gasteiger charge is 2.68. The number of amides is 4. The average Bonchev–Trinajstić information content (AvgIpc) is 3.43. The molecule has 4 aliphatic rings. The van der Waals surface area contributed by atoms with Gasteiger partial charge in [0.2, 0.25) is 23.6 Å². The maximum atomic E-state index is 14.6. The van der Waals surface area contributed by atoms with Gasteiger partial charge in [0.25, 0.3) is 0 Å². The Morgan fingerprint density at radius 3 is 2.42 bits per heavy atom. The minimum Gasteiger partial charge on any atom is -0.507 e. The Balaban J connectivity index is 1.38. The van der Waals surface area contributed by atoms with Crippen molar-refractivity contribution in [3.63, 3.8) is 0 Å². The highest BCUT2D eigenvalue weighted by atomic mass is 35.5. The maximum Gasteiger partial charge on any atom is 0.488 e. The molecule has 12 heteroatoms. The third kappa shape index (κ3) is 4.52. The van der Waals surface area contributed by atoms with Crippen molar-refractivity contribution in [2.24, 2.45) is 29.1 Å². The number of carbonyl (C=O) groups is 4. The fourth-order valence-electron chi connectivity index (χ4n) is 8.47. The number of halogens is 2. The summed E-state index contributed by atoms with van der Waals surface area (Å²) in [5, 5.41) is 30.8. The number of hydrogen-bond donors (Lipinski definition) is 3. The van der Waals surface area contributed by atoms with E-state index in [9.17, 15) is 38.7 Å². The van der Waals surface area contributed by atoms with Gasteiger partial charge in [-0.25, -0.2) is 9.29 Å². The number of nitrogens with zero attached hydrogens (tertiary/aromatic N) is 2. The summed E-state index contributed by atoms with van der Waals surface area (Å²) in [4.78, 5) is 59.2. The highest BCUT2D eigenvalue weighted by molar-refractivity contribution is 6.58. The van der Waals surface area contributed by atoms with E-state index in [0.29, 0.717) is 23.1 Å². The lowest BCUT2D eigenvalue weighted by molar-refractivity contribution is -0.131. The molecule has 9 nitrogen and oxygen atoms in total. The molecule has 3 aromatic rings. The summed E-state index contributed by atoms with van der Waals surface area (Å²) >= 11 is 6.07. The highest BCUT2D eigenvalue weighted by Crippen LogP contribution is 2.64. The SMILES string of the molecule is C=CCc1cccc([C@H]2C3=CC[C@@H]4C(=O)N(c5cccc(B(O)O)c5)C(=O)[C@@H]4[C@@H]3C[C@H]3C(=O)N(c4ccc(F)c(Cl)c4)C(=O)[C@@]23C)c1O. The number of para-hydroxylation sites is 1. The first-order chi connectivity index (χ1) is 22.9. The van der Waals surface area contributed by atoms with Gasteiger partial charge in [0.15, 0.2) is 0 Å². The Hall–Kier alpha value is -4.58. The molecule has 6 atom stereocenters. The largest absolute Gasteiger partial charge is 0.507 e. The monoisotopic (exact) mass is 668 g/mol. The van der Waals surface area contributed by atoms with Gasteiger partial charge in [0.1, 0.15) is 11.6 Å². The van der Waals surface area contributed by atoms with Crippen LogP contribution in [0.15, 0.2) is 85.0 Å². The van der Waals surface area contributed by atoms with Crippen LogP contribution in [0.3, 0.4) is 0 Å². The van der Waals surface area contributed by atoms with E-state index in [0.717, 1.165) is 15.9 Å². The van der Waals surface area contributed by atoms with Crippen LogP contribution in [0, 0.1) is 34.9 Å². The molecular formula is C36H31BClFN2O7. The summed E-state index contributed by atoms with van der Waals surface area (Å²) in [6.07, 6.45) is 4.12. The molecule has 2 aliphatic carbocycles. The van der Waals surface area contributed by atoms with Gasteiger partial charge in [0.05, 0.1) is 39.6 Å². The van der Waals surface area contributed by atoms with Gasteiger partial charge in [-0.3, -0.25) is 24.1 Å². The van der Waals surface area contributed by atoms with Gasteiger partial charge in [0, 0.05) is 11.5 Å². The Bertz CT molecular complexity index is 1970. The summed E-state index contributed by atoms with van der Waals surface area (Å²) in [5.41, 5.74) is 0.662. The first kappa shape index (κ1) is 32.0. The van der Waals surface area contributed by atoms with Crippen molar-refractivity contribution < 1.29 is 38.7 Å². The number of aromatic hydroxyl groups is 1. The zero-order chi connectivity index (χ0) is 34.2. The second-order valence-electron chi connectivity index (χ2n) is 13.1. The molecule has 0 bridgehead atoms. The van der Waals surface area contributed by atoms with Crippen LogP contribution in [0.25, 0.3) is 0 Å². The molecule has 3 fully saturated rings. The van der Waals surface area contributed by atoms with Crippen molar-refractivity contribution in [2.45, 2.75) is 32.1 Å². The molecule has 0 aromatic heterocycles. The molecule has 2 heterocycles. The van der Waals surface area contributed by atoms with Gasteiger partial charge in [-0.15, -0.1) is 6.58 Å². The topological polar surface area (TPSA) is 135 Å². The lowest BCUT2D eigenvalue weighted by atomic mass is 9.51. The number of anilines is 2. The number of carbonyl (C=O) groups excluding carboxylic acids is 4. The van der Waals surface area contributed by atoms with E-state index in [1.807, 2.05) is 6.08 Å². The zero-order valence-corrected chi connectivity index (χ0v) is 26.6. The van der Waals surface area contributed by atoms with E-state index in [1.54, 1.807) is 37.3 Å². The first-order valence-electron chi connectivity index (χ1n) is 15.7. The summed E-state index contributed by atoms with van der Waals surface area (Å²) < 4.78 is 14.1. The van der Waals surface area contributed by atoms with Crippen LogP contribution < -0.4 is 15.3 Å². The Kier molecular flexibility index (Phi) is 7.69. The van der Waals surface area contributed by atoms with E-state index < -0.39 is 71.6 Å². The van der Waals surface area contributed by atoms with Crippen LogP contribution in [0.4, 0.5) is 15.8 Å². The van der Waals surface area contributed by atoms with E-state index in [2.05, 4.69) is 6.58 Å². The van der Waals surface area contributed by atoms with Crippen molar-refractivity contribution >= 4 is 59.2 Å². The molecule has 48 heavy (non-hydrogen) atoms. The average molecular weight is 669 g/mol. The summed E-state index contributed by atoms with van der Waals surface area (Å²) in [5.74, 6) is -6.87. The van der Waals surface area contributed by atoms with E-state index >= 15 is 0 Å². The van der Waals surface area contributed by atoms with Gasteiger partial charge in [-0.05, 0) is 73.5 Å². The molecule has 0 radical (unpaired) electrons. The number of phenolic OH excluding ortho intramolecular Hbond substituents is 1. The first-order valence-corrected chi connectivity index (χ1v) is 16.1. The molecule has 3 aromatic carbocycles. The third-order valence-electron chi connectivity index (χ3n) is 10.7. The Labute approximate surface area is 281 Å². The summed E-state index contributed by atoms with van der Waals surface area (Å²) in [7, 11) is -1.81. The van der Waals surface area contributed by atoms with Crippen molar-refractivity contribution in [3.05, 3.63) is 107 Å². The van der Waals surface area contributed by atoms with Crippen molar-refractivity contribution in [1.29, 1.82) is 0 Å². The third-order valence-corrected chi connectivity index (χ3v) is 11.0. The van der Waals surface area contributed by atoms with Crippen molar-refractivity contribution in [3.8, 4) is 5.75 Å². The van der Waals surface area contributed by atoms with Gasteiger partial charge < -0.3 is 15.2 Å². The normalized spacial score (nSPS) is 27.9. The molecule has 0 unspecified atom stereocenters. The molecule has 4 amide bonds. The number of rotatable bonds is 6. The van der Waals surface area contributed by atoms with E-state index in [1.165, 1.54) is 30.3 Å². The molecule has 1 saturated carbocycles. The van der Waals surface area contributed by atoms with Crippen LogP contribution in [0.2, 0.25) is 5.02 Å². The maximum absolute atomic E-state index is 14.6. The number of fused-ring (bicyclic) bond motifs is 4. The van der Waals surface area contributed by atoms with E-state index in [4.69, 9.17) is 11.6 Å². The van der Waals surface area contributed by atoms with Gasteiger partial charge in [-0.2, -0.15) is 0 Å². The van der Waals surface area contributed by atoms with Crippen LogP contribution in [0.1, 0.15) is 36.8 Å². The smallest absolute Gasteiger partial charge is 0.488 e. The van der Waals surface area contributed by atoms with Crippen LogP contribution >= 0.6 is 11.6 Å². The molecular weight excluding hydrogens is 638 g/mol. The summed E-state index contributed by atoms with van der Waals surface area (Å²) in [6, 6.07) is 14.7. The minimum atomic E-state index is -1.81. The van der Waals surface area contributed by atoms with Gasteiger partial charge in [-0.1, -0.05) is 59.7 Å². The van der Waals surface area contributed by atoms with Crippen LogP contribution in [0.5, 0.6) is 5.75 Å².